The second-order valence-electron chi connectivity index (χ2n) is 6.87. The van der Waals surface area contributed by atoms with Crippen LogP contribution in [-0.4, -0.2) is 61.4 Å². The third kappa shape index (κ3) is 6.12. The summed E-state index contributed by atoms with van der Waals surface area (Å²) in [5.41, 5.74) is 0. The Hall–Kier alpha value is -1.61. The van der Waals surface area contributed by atoms with Crippen molar-refractivity contribution in [3.8, 4) is 6.19 Å². The van der Waals surface area contributed by atoms with Crippen LogP contribution in [0.5, 0.6) is 0 Å². The molecule has 1 aliphatic carbocycles. The van der Waals surface area contributed by atoms with Gasteiger partial charge in [0, 0.05) is 20.1 Å². The van der Waals surface area contributed by atoms with Crippen LogP contribution in [0, 0.1) is 17.4 Å². The molecular weight excluding hydrogens is 304 g/mol. The van der Waals surface area contributed by atoms with Crippen molar-refractivity contribution in [3.63, 3.8) is 0 Å². The van der Waals surface area contributed by atoms with E-state index >= 15 is 0 Å². The lowest BCUT2D eigenvalue weighted by Crippen LogP contribution is -2.38. The van der Waals surface area contributed by atoms with E-state index in [-0.39, 0.29) is 5.91 Å². The van der Waals surface area contributed by atoms with E-state index in [0.29, 0.717) is 19.1 Å². The van der Waals surface area contributed by atoms with Crippen molar-refractivity contribution >= 4 is 12.2 Å². The largest absolute Gasteiger partial charge is 0.378 e. The molecule has 2 fully saturated rings. The number of ether oxygens (including phenoxy) is 1. The number of amides is 1. The number of hydrogen-bond acceptors (Lipinski definition) is 4. The van der Waals surface area contributed by atoms with Gasteiger partial charge in [0.1, 0.15) is 6.04 Å². The standard InChI is InChI=1S/C18H30N4O2/c1-21(14-19)18(23)17(20-15-22-9-11-24-12-10-22)13-16-7-5-3-2-4-6-8-16/h15-17H,2-13H2,1H3. The van der Waals surface area contributed by atoms with E-state index in [1.807, 2.05) is 6.19 Å². The monoisotopic (exact) mass is 334 g/mol. The number of carbonyl (C=O) groups is 1. The van der Waals surface area contributed by atoms with Gasteiger partial charge in [-0.1, -0.05) is 44.9 Å². The van der Waals surface area contributed by atoms with Gasteiger partial charge in [0.25, 0.3) is 5.91 Å². The fourth-order valence-corrected chi connectivity index (χ4v) is 3.46. The van der Waals surface area contributed by atoms with Crippen molar-refractivity contribution in [2.24, 2.45) is 10.9 Å². The number of carbonyl (C=O) groups excluding carboxylic acids is 1. The van der Waals surface area contributed by atoms with E-state index in [9.17, 15) is 4.79 Å². The molecule has 2 aliphatic rings. The van der Waals surface area contributed by atoms with Gasteiger partial charge in [0.05, 0.1) is 19.6 Å². The zero-order chi connectivity index (χ0) is 17.2. The second-order valence-corrected chi connectivity index (χ2v) is 6.87. The molecule has 0 aromatic heterocycles. The Balaban J connectivity index is 1.99. The van der Waals surface area contributed by atoms with E-state index in [4.69, 9.17) is 10.00 Å². The molecule has 1 amide bonds. The molecule has 1 unspecified atom stereocenters. The number of morpholine rings is 1. The molecule has 0 N–H and O–H groups in total. The molecule has 0 bridgehead atoms. The molecule has 1 saturated heterocycles. The number of rotatable bonds is 5. The lowest BCUT2D eigenvalue weighted by atomic mass is 9.86. The highest BCUT2D eigenvalue weighted by Gasteiger charge is 2.25. The van der Waals surface area contributed by atoms with Gasteiger partial charge in [-0.05, 0) is 12.3 Å². The summed E-state index contributed by atoms with van der Waals surface area (Å²) in [7, 11) is 1.53. The smallest absolute Gasteiger partial charge is 0.260 e. The normalized spacial score (nSPS) is 21.8. The zero-order valence-corrected chi connectivity index (χ0v) is 14.8. The molecule has 1 heterocycles. The molecule has 1 aliphatic heterocycles. The van der Waals surface area contributed by atoms with Crippen molar-refractivity contribution in [1.82, 2.24) is 9.80 Å². The number of nitriles is 1. The van der Waals surface area contributed by atoms with Crippen molar-refractivity contribution in [2.75, 3.05) is 33.4 Å². The second kappa shape index (κ2) is 10.3. The highest BCUT2D eigenvalue weighted by atomic mass is 16.5. The molecular formula is C18H30N4O2. The maximum absolute atomic E-state index is 12.5. The van der Waals surface area contributed by atoms with E-state index in [2.05, 4.69) is 9.89 Å². The Morgan fingerprint density at radius 3 is 2.54 bits per heavy atom. The molecule has 134 valence electrons. The molecule has 1 saturated carbocycles. The Labute approximate surface area is 145 Å². The first-order valence-electron chi connectivity index (χ1n) is 9.23. The van der Waals surface area contributed by atoms with Crippen LogP contribution in [0.4, 0.5) is 0 Å². The minimum atomic E-state index is -0.443. The molecule has 24 heavy (non-hydrogen) atoms. The predicted molar refractivity (Wildman–Crippen MR) is 93.5 cm³/mol. The van der Waals surface area contributed by atoms with Gasteiger partial charge in [-0.25, -0.2) is 0 Å². The summed E-state index contributed by atoms with van der Waals surface area (Å²) >= 11 is 0. The average molecular weight is 334 g/mol. The first-order chi connectivity index (χ1) is 11.7. The molecule has 1 atom stereocenters. The van der Waals surface area contributed by atoms with Crippen molar-refractivity contribution in [3.05, 3.63) is 0 Å². The molecule has 0 aromatic rings. The summed E-state index contributed by atoms with van der Waals surface area (Å²) in [5.74, 6) is 0.345. The zero-order valence-electron chi connectivity index (χ0n) is 14.8. The van der Waals surface area contributed by atoms with E-state index in [0.717, 1.165) is 24.4 Å². The SMILES string of the molecule is CN(C#N)C(=O)C(CC1CCCCCCC1)N=CN1CCOCC1. The number of hydrogen-bond donors (Lipinski definition) is 0. The van der Waals surface area contributed by atoms with Crippen LogP contribution in [-0.2, 0) is 9.53 Å². The lowest BCUT2D eigenvalue weighted by molar-refractivity contribution is -0.128. The van der Waals surface area contributed by atoms with Gasteiger partial charge in [0.15, 0.2) is 6.19 Å². The summed E-state index contributed by atoms with van der Waals surface area (Å²) in [6, 6.07) is -0.443. The Morgan fingerprint density at radius 2 is 1.92 bits per heavy atom. The number of likely N-dealkylation sites (N-methyl/N-ethyl adjacent to an activating group) is 1. The lowest BCUT2D eigenvalue weighted by Gasteiger charge is -2.26. The maximum atomic E-state index is 12.5. The van der Waals surface area contributed by atoms with Crippen LogP contribution in [0.1, 0.15) is 51.4 Å². The predicted octanol–water partition coefficient (Wildman–Crippen LogP) is 2.41. The van der Waals surface area contributed by atoms with Crippen molar-refractivity contribution in [2.45, 2.75) is 57.4 Å². The number of aliphatic imine (C=N–C) groups is 1. The molecule has 6 nitrogen and oxygen atoms in total. The van der Waals surface area contributed by atoms with Crippen LogP contribution in [0.2, 0.25) is 0 Å². The molecule has 0 aromatic carbocycles. The van der Waals surface area contributed by atoms with E-state index in [1.165, 1.54) is 52.0 Å². The minimum absolute atomic E-state index is 0.191. The summed E-state index contributed by atoms with van der Waals surface area (Å²) in [6.45, 7) is 3.01. The summed E-state index contributed by atoms with van der Waals surface area (Å²) < 4.78 is 5.34. The number of nitrogens with zero attached hydrogens (tertiary/aromatic N) is 4. The van der Waals surface area contributed by atoms with Crippen LogP contribution >= 0.6 is 0 Å². The van der Waals surface area contributed by atoms with Crippen molar-refractivity contribution < 1.29 is 9.53 Å². The van der Waals surface area contributed by atoms with Gasteiger partial charge >= 0.3 is 0 Å². The van der Waals surface area contributed by atoms with Crippen LogP contribution < -0.4 is 0 Å². The van der Waals surface area contributed by atoms with Gasteiger partial charge in [-0.3, -0.25) is 14.7 Å². The van der Waals surface area contributed by atoms with Crippen LogP contribution in [0.15, 0.2) is 4.99 Å². The topological polar surface area (TPSA) is 68.9 Å². The first-order valence-corrected chi connectivity index (χ1v) is 9.23. The molecule has 0 spiro atoms. The third-order valence-corrected chi connectivity index (χ3v) is 5.00. The molecule has 2 rings (SSSR count). The van der Waals surface area contributed by atoms with Gasteiger partial charge in [-0.15, -0.1) is 0 Å². The van der Waals surface area contributed by atoms with Crippen LogP contribution in [0.25, 0.3) is 0 Å². The first kappa shape index (κ1) is 18.7. The maximum Gasteiger partial charge on any atom is 0.260 e. The quantitative estimate of drug-likeness (QED) is 0.335. The molecule has 0 radical (unpaired) electrons. The minimum Gasteiger partial charge on any atom is -0.378 e. The summed E-state index contributed by atoms with van der Waals surface area (Å²) in [4.78, 5) is 20.3. The highest BCUT2D eigenvalue weighted by molar-refractivity contribution is 5.84. The average Bonchev–Trinajstić information content (AvgIpc) is 2.59. The van der Waals surface area contributed by atoms with Gasteiger partial charge < -0.3 is 9.64 Å². The summed E-state index contributed by atoms with van der Waals surface area (Å²) in [5, 5.41) is 9.04. The molecule has 6 heteroatoms. The Kier molecular flexibility index (Phi) is 8.03. The highest BCUT2D eigenvalue weighted by Crippen LogP contribution is 2.27. The van der Waals surface area contributed by atoms with E-state index < -0.39 is 6.04 Å². The van der Waals surface area contributed by atoms with Crippen molar-refractivity contribution in [1.29, 1.82) is 5.26 Å². The Morgan fingerprint density at radius 1 is 1.29 bits per heavy atom. The van der Waals surface area contributed by atoms with Gasteiger partial charge in [-0.2, -0.15) is 5.26 Å². The fourth-order valence-electron chi connectivity index (χ4n) is 3.46. The Bertz CT molecular complexity index is 446. The fraction of sp³-hybridized carbons (Fsp3) is 0.833. The van der Waals surface area contributed by atoms with Gasteiger partial charge in [0.2, 0.25) is 0 Å². The summed E-state index contributed by atoms with van der Waals surface area (Å²) in [6.07, 6.45) is 13.2. The third-order valence-electron chi connectivity index (χ3n) is 5.00. The van der Waals surface area contributed by atoms with E-state index in [1.54, 1.807) is 6.34 Å². The van der Waals surface area contributed by atoms with Crippen LogP contribution in [0.3, 0.4) is 0 Å².